The second-order valence-corrected chi connectivity index (χ2v) is 6.73. The van der Waals surface area contributed by atoms with Crippen LogP contribution in [0, 0.1) is 5.92 Å². The third kappa shape index (κ3) is 4.96. The Kier molecular flexibility index (Phi) is 6.52. The summed E-state index contributed by atoms with van der Waals surface area (Å²) >= 11 is 0. The summed E-state index contributed by atoms with van der Waals surface area (Å²) in [6.45, 7) is 6.29. The molecule has 19 heavy (non-hydrogen) atoms. The van der Waals surface area contributed by atoms with Gasteiger partial charge >= 0.3 is 0 Å². The lowest BCUT2D eigenvalue weighted by molar-refractivity contribution is 0.410. The first-order valence-corrected chi connectivity index (χ1v) is 8.15. The molecule has 1 rings (SSSR count). The third-order valence-corrected chi connectivity index (χ3v) is 4.74. The van der Waals surface area contributed by atoms with Gasteiger partial charge in [0.2, 0.25) is 0 Å². The molecule has 0 spiro atoms. The standard InChI is InChI=1S/C15H25NO2S/c1-11(2)9-19(17)10-14-8-13(12(3)16-4)6-7-15(14)18-5/h6-8,11-12,16H,9-10H2,1-5H3. The number of benzene rings is 1. The molecule has 0 aliphatic heterocycles. The molecule has 2 unspecified atom stereocenters. The van der Waals surface area contributed by atoms with Crippen molar-refractivity contribution in [2.45, 2.75) is 32.6 Å². The first-order valence-electron chi connectivity index (χ1n) is 6.67. The van der Waals surface area contributed by atoms with Crippen LogP contribution in [0.4, 0.5) is 0 Å². The average Bonchev–Trinajstić information content (AvgIpc) is 2.36. The Balaban J connectivity index is 2.93. The van der Waals surface area contributed by atoms with Gasteiger partial charge in [-0.2, -0.15) is 0 Å². The maximum atomic E-state index is 12.1. The highest BCUT2D eigenvalue weighted by molar-refractivity contribution is 7.84. The van der Waals surface area contributed by atoms with Crippen molar-refractivity contribution in [2.75, 3.05) is 19.9 Å². The number of methoxy groups -OCH3 is 1. The molecule has 0 aliphatic carbocycles. The highest BCUT2D eigenvalue weighted by Gasteiger charge is 2.12. The van der Waals surface area contributed by atoms with Gasteiger partial charge in [0.25, 0.3) is 0 Å². The van der Waals surface area contributed by atoms with Crippen molar-refractivity contribution >= 4 is 10.8 Å². The molecule has 0 aliphatic rings. The van der Waals surface area contributed by atoms with Crippen molar-refractivity contribution in [1.82, 2.24) is 5.32 Å². The summed E-state index contributed by atoms with van der Waals surface area (Å²) < 4.78 is 17.4. The molecule has 0 aromatic heterocycles. The largest absolute Gasteiger partial charge is 0.496 e. The predicted octanol–water partition coefficient (Wildman–Crippen LogP) is 2.88. The minimum atomic E-state index is -0.837. The molecule has 0 heterocycles. The summed E-state index contributed by atoms with van der Waals surface area (Å²) in [6, 6.07) is 6.39. The van der Waals surface area contributed by atoms with Gasteiger partial charge in [0.05, 0.1) is 12.9 Å². The zero-order valence-electron chi connectivity index (χ0n) is 12.5. The minimum Gasteiger partial charge on any atom is -0.496 e. The lowest BCUT2D eigenvalue weighted by Crippen LogP contribution is -2.13. The normalized spacial score (nSPS) is 14.4. The molecule has 2 atom stereocenters. The Morgan fingerprint density at radius 2 is 2.00 bits per heavy atom. The summed E-state index contributed by atoms with van der Waals surface area (Å²) in [7, 11) is 2.76. The van der Waals surface area contributed by atoms with Gasteiger partial charge in [-0.05, 0) is 37.6 Å². The van der Waals surface area contributed by atoms with Gasteiger partial charge in [-0.25, -0.2) is 0 Å². The number of ether oxygens (including phenoxy) is 1. The Morgan fingerprint density at radius 1 is 1.32 bits per heavy atom. The van der Waals surface area contributed by atoms with Crippen LogP contribution in [-0.4, -0.2) is 24.1 Å². The minimum absolute atomic E-state index is 0.281. The van der Waals surface area contributed by atoms with Gasteiger partial charge < -0.3 is 10.1 Å². The number of nitrogens with one attached hydrogen (secondary N) is 1. The highest BCUT2D eigenvalue weighted by atomic mass is 32.2. The molecule has 0 saturated heterocycles. The first kappa shape index (κ1) is 16.2. The van der Waals surface area contributed by atoms with Crippen LogP contribution in [0.15, 0.2) is 18.2 Å². The van der Waals surface area contributed by atoms with E-state index in [1.807, 2.05) is 13.1 Å². The molecule has 0 saturated carbocycles. The van der Waals surface area contributed by atoms with Gasteiger partial charge in [-0.3, -0.25) is 4.21 Å². The quantitative estimate of drug-likeness (QED) is 0.836. The van der Waals surface area contributed by atoms with E-state index in [1.165, 1.54) is 5.56 Å². The van der Waals surface area contributed by atoms with E-state index in [1.54, 1.807) is 7.11 Å². The molecule has 0 fully saturated rings. The zero-order chi connectivity index (χ0) is 14.4. The second-order valence-electron chi connectivity index (χ2n) is 5.23. The molecular formula is C15H25NO2S. The summed E-state index contributed by atoms with van der Waals surface area (Å²) in [5.74, 6) is 2.57. The fourth-order valence-electron chi connectivity index (χ4n) is 1.95. The Hall–Kier alpha value is -0.870. The molecule has 3 nitrogen and oxygen atoms in total. The van der Waals surface area contributed by atoms with E-state index in [-0.39, 0.29) is 6.04 Å². The van der Waals surface area contributed by atoms with Crippen LogP contribution in [-0.2, 0) is 16.6 Å². The average molecular weight is 283 g/mol. The fraction of sp³-hybridized carbons (Fsp3) is 0.600. The van der Waals surface area contributed by atoms with Crippen molar-refractivity contribution in [3.8, 4) is 5.75 Å². The smallest absolute Gasteiger partial charge is 0.123 e. The van der Waals surface area contributed by atoms with Crippen LogP contribution in [0.3, 0.4) is 0 Å². The SMILES string of the molecule is CNC(C)c1ccc(OC)c(CS(=O)CC(C)C)c1. The van der Waals surface area contributed by atoms with Crippen LogP contribution in [0.25, 0.3) is 0 Å². The van der Waals surface area contributed by atoms with E-state index in [0.717, 1.165) is 17.1 Å². The summed E-state index contributed by atoms with van der Waals surface area (Å²) in [5.41, 5.74) is 2.22. The zero-order valence-corrected chi connectivity index (χ0v) is 13.3. The van der Waals surface area contributed by atoms with Gasteiger partial charge in [-0.15, -0.1) is 0 Å². The van der Waals surface area contributed by atoms with Crippen LogP contribution in [0.2, 0.25) is 0 Å². The van der Waals surface area contributed by atoms with E-state index in [0.29, 0.717) is 11.7 Å². The monoisotopic (exact) mass is 283 g/mol. The van der Waals surface area contributed by atoms with Gasteiger partial charge in [0, 0.05) is 28.2 Å². The predicted molar refractivity (Wildman–Crippen MR) is 82.0 cm³/mol. The van der Waals surface area contributed by atoms with E-state index in [4.69, 9.17) is 4.74 Å². The van der Waals surface area contributed by atoms with Crippen molar-refractivity contribution in [3.63, 3.8) is 0 Å². The van der Waals surface area contributed by atoms with E-state index >= 15 is 0 Å². The molecular weight excluding hydrogens is 258 g/mol. The summed E-state index contributed by atoms with van der Waals surface area (Å²) in [6.07, 6.45) is 0. The van der Waals surface area contributed by atoms with Gasteiger partial charge in [0.1, 0.15) is 5.75 Å². The maximum absolute atomic E-state index is 12.1. The van der Waals surface area contributed by atoms with Crippen molar-refractivity contribution in [2.24, 2.45) is 5.92 Å². The van der Waals surface area contributed by atoms with Crippen molar-refractivity contribution in [1.29, 1.82) is 0 Å². The van der Waals surface area contributed by atoms with Crippen LogP contribution in [0.1, 0.15) is 37.9 Å². The maximum Gasteiger partial charge on any atom is 0.123 e. The molecule has 1 N–H and O–H groups in total. The molecule has 0 radical (unpaired) electrons. The first-order chi connectivity index (χ1) is 8.97. The van der Waals surface area contributed by atoms with Crippen LogP contribution in [0.5, 0.6) is 5.75 Å². The number of hydrogen-bond acceptors (Lipinski definition) is 3. The highest BCUT2D eigenvalue weighted by Crippen LogP contribution is 2.24. The lowest BCUT2D eigenvalue weighted by Gasteiger charge is -2.15. The molecule has 0 bridgehead atoms. The third-order valence-electron chi connectivity index (χ3n) is 3.07. The topological polar surface area (TPSA) is 38.3 Å². The molecule has 0 amide bonds. The van der Waals surface area contributed by atoms with E-state index in [9.17, 15) is 4.21 Å². The lowest BCUT2D eigenvalue weighted by atomic mass is 10.1. The van der Waals surface area contributed by atoms with Gasteiger partial charge in [-0.1, -0.05) is 19.9 Å². The number of rotatable bonds is 7. The molecule has 108 valence electrons. The Morgan fingerprint density at radius 3 is 2.53 bits per heavy atom. The summed E-state index contributed by atoms with van der Waals surface area (Å²) in [4.78, 5) is 0. The second kappa shape index (κ2) is 7.65. The molecule has 1 aromatic carbocycles. The molecule has 4 heteroatoms. The van der Waals surface area contributed by atoms with E-state index < -0.39 is 10.8 Å². The number of hydrogen-bond donors (Lipinski definition) is 1. The fourth-order valence-corrected chi connectivity index (χ4v) is 3.39. The Labute approximate surface area is 119 Å². The van der Waals surface area contributed by atoms with Crippen molar-refractivity contribution < 1.29 is 8.95 Å². The van der Waals surface area contributed by atoms with E-state index in [2.05, 4.69) is 38.2 Å². The molecule has 1 aromatic rings. The van der Waals surface area contributed by atoms with Crippen LogP contribution < -0.4 is 10.1 Å². The van der Waals surface area contributed by atoms with Gasteiger partial charge in [0.15, 0.2) is 0 Å². The Bertz CT molecular complexity index is 432. The van der Waals surface area contributed by atoms with Crippen LogP contribution >= 0.6 is 0 Å². The van der Waals surface area contributed by atoms with Crippen molar-refractivity contribution in [3.05, 3.63) is 29.3 Å². The summed E-state index contributed by atoms with van der Waals surface area (Å²) in [5, 5.41) is 3.21.